The van der Waals surface area contributed by atoms with Crippen LogP contribution in [0.4, 0.5) is 0 Å². The van der Waals surface area contributed by atoms with E-state index < -0.39 is 0 Å². The van der Waals surface area contributed by atoms with Crippen molar-refractivity contribution in [3.63, 3.8) is 0 Å². The van der Waals surface area contributed by atoms with Gasteiger partial charge in [0.25, 0.3) is 0 Å². The molecule has 0 heterocycles. The highest BCUT2D eigenvalue weighted by Crippen LogP contribution is 1.83. The van der Waals surface area contributed by atoms with Crippen LogP contribution >= 0.6 is 0 Å². The molecule has 5 nitrogen and oxygen atoms in total. The first-order valence-corrected chi connectivity index (χ1v) is 5.63. The van der Waals surface area contributed by atoms with Crippen molar-refractivity contribution < 1.29 is 24.1 Å². The van der Waals surface area contributed by atoms with Crippen molar-refractivity contribution in [3.05, 3.63) is 6.92 Å². The minimum Gasteiger partial charge on any atom is -0.394 e. The fraction of sp³-hybridized carbons (Fsp3) is 0.909. The highest BCUT2D eigenvalue weighted by molar-refractivity contribution is 4.37. The monoisotopic (exact) mass is 235 g/mol. The van der Waals surface area contributed by atoms with E-state index in [1.54, 1.807) is 0 Å². The summed E-state index contributed by atoms with van der Waals surface area (Å²) >= 11 is 0. The Morgan fingerprint density at radius 1 is 0.625 bits per heavy atom. The lowest BCUT2D eigenvalue weighted by atomic mass is 10.5. The summed E-state index contributed by atoms with van der Waals surface area (Å²) in [4.78, 5) is 0. The van der Waals surface area contributed by atoms with Crippen LogP contribution < -0.4 is 0 Å². The van der Waals surface area contributed by atoms with E-state index in [0.29, 0.717) is 52.9 Å². The van der Waals surface area contributed by atoms with Gasteiger partial charge in [0.1, 0.15) is 0 Å². The van der Waals surface area contributed by atoms with Gasteiger partial charge in [0.15, 0.2) is 0 Å². The number of hydrogen-bond donors (Lipinski definition) is 1. The van der Waals surface area contributed by atoms with E-state index in [9.17, 15) is 0 Å². The van der Waals surface area contributed by atoms with Crippen molar-refractivity contribution in [2.75, 3.05) is 59.5 Å². The molecule has 0 unspecified atom stereocenters. The Labute approximate surface area is 97.6 Å². The van der Waals surface area contributed by atoms with Gasteiger partial charge in [-0.2, -0.15) is 6.42 Å². The summed E-state index contributed by atoms with van der Waals surface area (Å²) in [5, 5.41) is 8.43. The molecular weight excluding hydrogens is 212 g/mol. The summed E-state index contributed by atoms with van der Waals surface area (Å²) in [5.41, 5.74) is 0. The summed E-state index contributed by atoms with van der Waals surface area (Å²) in [6.07, 6.45) is 0.789. The molecule has 0 aliphatic carbocycles. The number of aliphatic hydroxyl groups is 1. The van der Waals surface area contributed by atoms with Gasteiger partial charge in [-0.15, -0.1) is 0 Å². The summed E-state index contributed by atoms with van der Waals surface area (Å²) < 4.78 is 20.7. The number of aliphatic hydroxyl groups excluding tert-OH is 1. The minimum absolute atomic E-state index is 0.0520. The van der Waals surface area contributed by atoms with Crippen LogP contribution in [-0.4, -0.2) is 64.6 Å². The molecule has 0 radical (unpaired) electrons. The molecule has 0 saturated heterocycles. The molecule has 16 heavy (non-hydrogen) atoms. The predicted molar refractivity (Wildman–Crippen MR) is 60.3 cm³/mol. The third kappa shape index (κ3) is 13.8. The second kappa shape index (κ2) is 14.8. The molecule has 0 aromatic heterocycles. The fourth-order valence-corrected chi connectivity index (χ4v) is 0.928. The lowest BCUT2D eigenvalue weighted by Crippen LogP contribution is -2.12. The van der Waals surface area contributed by atoms with Crippen molar-refractivity contribution >= 4 is 0 Å². The lowest BCUT2D eigenvalue weighted by molar-refractivity contribution is -0.00513. The first kappa shape index (κ1) is 15.8. The van der Waals surface area contributed by atoms with Crippen molar-refractivity contribution in [1.82, 2.24) is 0 Å². The third-order valence-electron chi connectivity index (χ3n) is 1.64. The lowest BCUT2D eigenvalue weighted by Gasteiger charge is -2.07. The van der Waals surface area contributed by atoms with Crippen LogP contribution in [0.5, 0.6) is 0 Å². The van der Waals surface area contributed by atoms with E-state index >= 15 is 0 Å². The van der Waals surface area contributed by atoms with Gasteiger partial charge in [-0.1, -0.05) is 0 Å². The van der Waals surface area contributed by atoms with Gasteiger partial charge in [-0.05, 0) is 0 Å². The SMILES string of the molecule is [CH2-]CCOCCOCCOCCOCCO. The van der Waals surface area contributed by atoms with Gasteiger partial charge >= 0.3 is 0 Å². The van der Waals surface area contributed by atoms with Crippen molar-refractivity contribution in [2.45, 2.75) is 6.42 Å². The number of rotatable bonds is 13. The second-order valence-corrected chi connectivity index (χ2v) is 3.03. The van der Waals surface area contributed by atoms with Gasteiger partial charge in [0, 0.05) is 6.61 Å². The van der Waals surface area contributed by atoms with E-state index in [2.05, 4.69) is 6.92 Å². The molecule has 0 rings (SSSR count). The van der Waals surface area contributed by atoms with Crippen LogP contribution in [-0.2, 0) is 18.9 Å². The quantitative estimate of drug-likeness (QED) is 0.367. The Morgan fingerprint density at radius 3 is 1.38 bits per heavy atom. The first-order valence-electron chi connectivity index (χ1n) is 5.63. The largest absolute Gasteiger partial charge is 0.394 e. The minimum atomic E-state index is 0.0520. The van der Waals surface area contributed by atoms with Gasteiger partial charge in [-0.3, -0.25) is 0 Å². The zero-order valence-corrected chi connectivity index (χ0v) is 9.86. The summed E-state index contributed by atoms with van der Waals surface area (Å²) in [6, 6.07) is 0. The van der Waals surface area contributed by atoms with E-state index in [1.807, 2.05) is 0 Å². The van der Waals surface area contributed by atoms with Crippen LogP contribution in [0.15, 0.2) is 0 Å². The van der Waals surface area contributed by atoms with Crippen LogP contribution in [0, 0.1) is 6.92 Å². The molecule has 0 bridgehead atoms. The molecule has 0 saturated carbocycles. The normalized spacial score (nSPS) is 10.9. The summed E-state index contributed by atoms with van der Waals surface area (Å²) in [7, 11) is 0. The van der Waals surface area contributed by atoms with Gasteiger partial charge in [0.2, 0.25) is 0 Å². The second-order valence-electron chi connectivity index (χ2n) is 3.03. The highest BCUT2D eigenvalue weighted by atomic mass is 16.6. The molecule has 0 aliphatic rings. The van der Waals surface area contributed by atoms with Gasteiger partial charge in [-0.25, -0.2) is 0 Å². The van der Waals surface area contributed by atoms with Crippen molar-refractivity contribution in [3.8, 4) is 0 Å². The Hall–Kier alpha value is -0.200. The van der Waals surface area contributed by atoms with E-state index in [-0.39, 0.29) is 6.61 Å². The van der Waals surface area contributed by atoms with Crippen LogP contribution in [0.25, 0.3) is 0 Å². The molecule has 1 N–H and O–H groups in total. The zero-order chi connectivity index (χ0) is 11.9. The van der Waals surface area contributed by atoms with E-state index in [1.165, 1.54) is 0 Å². The molecule has 98 valence electrons. The molecule has 5 heteroatoms. The molecule has 0 atom stereocenters. The first-order chi connectivity index (χ1) is 7.91. The molecule has 0 aromatic rings. The predicted octanol–water partition coefficient (Wildman–Crippen LogP) is 0.269. The Balaban J connectivity index is 2.83. The van der Waals surface area contributed by atoms with Gasteiger partial charge < -0.3 is 31.0 Å². The molecule has 0 spiro atoms. The molecular formula is C11H23O5-. The zero-order valence-electron chi connectivity index (χ0n) is 9.86. The Bertz CT molecular complexity index is 107. The molecule has 0 fully saturated rings. The maximum Gasteiger partial charge on any atom is 0.0701 e. The number of ether oxygens (including phenoxy) is 4. The summed E-state index contributed by atoms with van der Waals surface area (Å²) in [5.74, 6) is 0. The average Bonchev–Trinajstić information content (AvgIpc) is 2.31. The van der Waals surface area contributed by atoms with Crippen LogP contribution in [0.2, 0.25) is 0 Å². The Kier molecular flexibility index (Phi) is 14.6. The molecule has 0 aliphatic heterocycles. The maximum atomic E-state index is 8.43. The average molecular weight is 235 g/mol. The Morgan fingerprint density at radius 2 is 1.00 bits per heavy atom. The van der Waals surface area contributed by atoms with Crippen molar-refractivity contribution in [2.24, 2.45) is 0 Å². The van der Waals surface area contributed by atoms with Crippen LogP contribution in [0.3, 0.4) is 0 Å². The third-order valence-corrected chi connectivity index (χ3v) is 1.64. The number of hydrogen-bond acceptors (Lipinski definition) is 5. The molecule has 0 amide bonds. The molecule has 0 aromatic carbocycles. The topological polar surface area (TPSA) is 57.2 Å². The summed E-state index contributed by atoms with van der Waals surface area (Å²) in [6.45, 7) is 8.11. The van der Waals surface area contributed by atoms with Crippen LogP contribution in [0.1, 0.15) is 6.42 Å². The van der Waals surface area contributed by atoms with E-state index in [0.717, 1.165) is 6.42 Å². The van der Waals surface area contributed by atoms with E-state index in [4.69, 9.17) is 24.1 Å². The smallest absolute Gasteiger partial charge is 0.0701 e. The highest BCUT2D eigenvalue weighted by Gasteiger charge is 1.91. The van der Waals surface area contributed by atoms with Gasteiger partial charge in [0.05, 0.1) is 52.9 Å². The fourth-order valence-electron chi connectivity index (χ4n) is 0.928. The standard InChI is InChI=1S/C11H23O5/c1-2-4-13-6-8-15-10-11-16-9-7-14-5-3-12/h12H,1-11H2/q-1. The van der Waals surface area contributed by atoms with Crippen molar-refractivity contribution in [1.29, 1.82) is 0 Å². The maximum absolute atomic E-state index is 8.43.